The second kappa shape index (κ2) is 9.52. The maximum absolute atomic E-state index is 11.6. The van der Waals surface area contributed by atoms with Crippen molar-refractivity contribution in [3.05, 3.63) is 52.5 Å². The predicted molar refractivity (Wildman–Crippen MR) is 109 cm³/mol. The Bertz CT molecular complexity index is 882. The van der Waals surface area contributed by atoms with Gasteiger partial charge in [-0.2, -0.15) is 0 Å². The molecular weight excluding hydrogens is 424 g/mol. The van der Waals surface area contributed by atoms with Gasteiger partial charge in [-0.3, -0.25) is 4.79 Å². The third-order valence-corrected chi connectivity index (χ3v) is 4.75. The van der Waals surface area contributed by atoms with Gasteiger partial charge in [-0.25, -0.2) is 0 Å². The maximum Gasteiger partial charge on any atom is 0.307 e. The molecule has 0 spiro atoms. The fraction of sp³-hybridized carbons (Fsp3) is 0.318. The summed E-state index contributed by atoms with van der Waals surface area (Å²) in [5.74, 6) is 7.59. The topological polar surface area (TPSA) is 54.0 Å². The molecule has 0 saturated carbocycles. The van der Waals surface area contributed by atoms with Gasteiger partial charge in [-0.1, -0.05) is 34.0 Å². The van der Waals surface area contributed by atoms with Gasteiger partial charge in [-0.15, -0.1) is 5.92 Å². The van der Waals surface area contributed by atoms with Gasteiger partial charge in [0.05, 0.1) is 19.4 Å². The van der Waals surface area contributed by atoms with E-state index in [4.69, 9.17) is 18.9 Å². The van der Waals surface area contributed by atoms with E-state index < -0.39 is 0 Å². The molecule has 0 aliphatic carbocycles. The fourth-order valence-corrected chi connectivity index (χ4v) is 3.17. The van der Waals surface area contributed by atoms with Crippen molar-refractivity contribution in [2.45, 2.75) is 25.4 Å². The molecule has 0 radical (unpaired) electrons. The van der Waals surface area contributed by atoms with E-state index in [9.17, 15) is 4.79 Å². The van der Waals surface area contributed by atoms with E-state index in [0.717, 1.165) is 15.8 Å². The van der Waals surface area contributed by atoms with Crippen molar-refractivity contribution in [2.24, 2.45) is 0 Å². The normalized spacial score (nSPS) is 15.8. The summed E-state index contributed by atoms with van der Waals surface area (Å²) in [6.45, 7) is 2.55. The van der Waals surface area contributed by atoms with Crippen LogP contribution in [0.2, 0.25) is 0 Å². The summed E-state index contributed by atoms with van der Waals surface area (Å²) in [7, 11) is 1.38. The molecular formula is C22H21BrO5. The molecule has 3 rings (SSSR count). The van der Waals surface area contributed by atoms with Crippen molar-refractivity contribution in [3.8, 4) is 29.1 Å². The first kappa shape index (κ1) is 20.1. The zero-order chi connectivity index (χ0) is 19.9. The quantitative estimate of drug-likeness (QED) is 0.489. The van der Waals surface area contributed by atoms with Crippen molar-refractivity contribution in [1.29, 1.82) is 0 Å². The van der Waals surface area contributed by atoms with Crippen LogP contribution in [0.3, 0.4) is 0 Å². The van der Waals surface area contributed by atoms with E-state index in [-0.39, 0.29) is 24.4 Å². The highest BCUT2D eigenvalue weighted by Gasteiger charge is 2.22. The van der Waals surface area contributed by atoms with Crippen LogP contribution in [0.15, 0.2) is 46.9 Å². The number of rotatable bonds is 6. The smallest absolute Gasteiger partial charge is 0.307 e. The SMILES string of the molecule is CC#C[C@@H](CC(=O)OC)c1ccc(OC[C@H]2COc3ccc(Br)cc3O2)cc1. The van der Waals surface area contributed by atoms with Crippen molar-refractivity contribution in [1.82, 2.24) is 0 Å². The van der Waals surface area contributed by atoms with E-state index in [1.54, 1.807) is 6.92 Å². The van der Waals surface area contributed by atoms with Gasteiger partial charge in [0.2, 0.25) is 0 Å². The monoisotopic (exact) mass is 444 g/mol. The highest BCUT2D eigenvalue weighted by molar-refractivity contribution is 9.10. The summed E-state index contributed by atoms with van der Waals surface area (Å²) >= 11 is 3.43. The standard InChI is InChI=1S/C22H21BrO5/c1-3-4-16(11-22(24)25-2)15-5-8-18(9-6-15)26-13-19-14-27-20-10-7-17(23)12-21(20)28-19/h5-10,12,16,19H,11,13-14H2,1-2H3/t16-,19-/m0/s1. The number of methoxy groups -OCH3 is 1. The molecule has 0 bridgehead atoms. The maximum atomic E-state index is 11.6. The summed E-state index contributed by atoms with van der Waals surface area (Å²) in [5, 5.41) is 0. The number of benzene rings is 2. The summed E-state index contributed by atoms with van der Waals surface area (Å²) < 4.78 is 23.2. The average Bonchev–Trinajstić information content (AvgIpc) is 2.72. The lowest BCUT2D eigenvalue weighted by Crippen LogP contribution is -2.34. The van der Waals surface area contributed by atoms with Gasteiger partial charge in [0.1, 0.15) is 19.0 Å². The minimum atomic E-state index is -0.283. The lowest BCUT2D eigenvalue weighted by molar-refractivity contribution is -0.140. The molecule has 6 heteroatoms. The Hall–Kier alpha value is -2.65. The second-order valence-electron chi connectivity index (χ2n) is 6.25. The van der Waals surface area contributed by atoms with E-state index in [1.807, 2.05) is 42.5 Å². The summed E-state index contributed by atoms with van der Waals surface area (Å²) in [4.78, 5) is 11.6. The first-order valence-corrected chi connectivity index (χ1v) is 9.69. The highest BCUT2D eigenvalue weighted by Crippen LogP contribution is 2.34. The molecule has 5 nitrogen and oxygen atoms in total. The van der Waals surface area contributed by atoms with Crippen molar-refractivity contribution >= 4 is 21.9 Å². The minimum absolute atomic E-state index is 0.195. The molecule has 28 heavy (non-hydrogen) atoms. The van der Waals surface area contributed by atoms with Crippen LogP contribution in [-0.2, 0) is 9.53 Å². The van der Waals surface area contributed by atoms with E-state index >= 15 is 0 Å². The number of halogens is 1. The number of carbonyl (C=O) groups is 1. The second-order valence-corrected chi connectivity index (χ2v) is 7.16. The lowest BCUT2D eigenvalue weighted by atomic mass is 9.96. The van der Waals surface area contributed by atoms with E-state index in [0.29, 0.717) is 24.7 Å². The van der Waals surface area contributed by atoms with Crippen LogP contribution in [0, 0.1) is 11.8 Å². The lowest BCUT2D eigenvalue weighted by Gasteiger charge is -2.26. The van der Waals surface area contributed by atoms with Crippen LogP contribution in [-0.4, -0.2) is 32.4 Å². The molecule has 0 amide bonds. The summed E-state index contributed by atoms with van der Waals surface area (Å²) in [5.41, 5.74) is 0.947. The predicted octanol–water partition coefficient (Wildman–Crippen LogP) is 4.34. The van der Waals surface area contributed by atoms with Gasteiger partial charge >= 0.3 is 5.97 Å². The Labute approximate surface area is 173 Å². The third-order valence-electron chi connectivity index (χ3n) is 4.26. The zero-order valence-corrected chi connectivity index (χ0v) is 17.3. The number of hydrogen-bond donors (Lipinski definition) is 0. The zero-order valence-electron chi connectivity index (χ0n) is 15.7. The number of carbonyl (C=O) groups excluding carboxylic acids is 1. The molecule has 0 saturated heterocycles. The molecule has 0 aromatic heterocycles. The van der Waals surface area contributed by atoms with Gasteiger partial charge in [0, 0.05) is 4.47 Å². The molecule has 0 unspecified atom stereocenters. The van der Waals surface area contributed by atoms with Gasteiger partial charge < -0.3 is 18.9 Å². The highest BCUT2D eigenvalue weighted by atomic mass is 79.9. The van der Waals surface area contributed by atoms with Crippen molar-refractivity contribution in [2.75, 3.05) is 20.3 Å². The molecule has 2 aromatic rings. The van der Waals surface area contributed by atoms with Crippen LogP contribution in [0.1, 0.15) is 24.8 Å². The molecule has 2 aromatic carbocycles. The van der Waals surface area contributed by atoms with Crippen LogP contribution in [0.4, 0.5) is 0 Å². The molecule has 146 valence electrons. The third kappa shape index (κ3) is 5.20. The Morgan fingerprint density at radius 3 is 2.75 bits per heavy atom. The largest absolute Gasteiger partial charge is 0.490 e. The van der Waals surface area contributed by atoms with Crippen LogP contribution in [0.5, 0.6) is 17.2 Å². The molecule has 0 fully saturated rings. The van der Waals surface area contributed by atoms with Gasteiger partial charge in [0.25, 0.3) is 0 Å². The molecule has 1 aliphatic heterocycles. The Balaban J connectivity index is 1.58. The van der Waals surface area contributed by atoms with Crippen LogP contribution < -0.4 is 14.2 Å². The van der Waals surface area contributed by atoms with Crippen molar-refractivity contribution < 1.29 is 23.7 Å². The number of ether oxygens (including phenoxy) is 4. The number of esters is 1. The summed E-state index contributed by atoms with van der Waals surface area (Å²) in [6, 6.07) is 13.2. The average molecular weight is 445 g/mol. The Morgan fingerprint density at radius 1 is 1.25 bits per heavy atom. The molecule has 2 atom stereocenters. The van der Waals surface area contributed by atoms with Crippen molar-refractivity contribution in [3.63, 3.8) is 0 Å². The number of hydrogen-bond acceptors (Lipinski definition) is 5. The fourth-order valence-electron chi connectivity index (χ4n) is 2.83. The Kier molecular flexibility index (Phi) is 6.83. The molecule has 0 N–H and O–H groups in total. The first-order chi connectivity index (χ1) is 13.6. The van der Waals surface area contributed by atoms with Gasteiger partial charge in [0.15, 0.2) is 17.6 Å². The summed E-state index contributed by atoms with van der Waals surface area (Å²) in [6.07, 6.45) is 0.0271. The Morgan fingerprint density at radius 2 is 2.04 bits per heavy atom. The van der Waals surface area contributed by atoms with Gasteiger partial charge in [-0.05, 0) is 42.8 Å². The van der Waals surface area contributed by atoms with E-state index in [2.05, 4.69) is 27.8 Å². The molecule has 1 heterocycles. The first-order valence-electron chi connectivity index (χ1n) is 8.90. The van der Waals surface area contributed by atoms with E-state index in [1.165, 1.54) is 7.11 Å². The van der Waals surface area contributed by atoms with Crippen LogP contribution in [0.25, 0.3) is 0 Å². The number of fused-ring (bicyclic) bond motifs is 1. The minimum Gasteiger partial charge on any atom is -0.490 e. The van der Waals surface area contributed by atoms with Crippen LogP contribution >= 0.6 is 15.9 Å². The molecule has 1 aliphatic rings.